The van der Waals surface area contributed by atoms with Crippen molar-refractivity contribution in [2.75, 3.05) is 0 Å². The number of hydrogen-bond acceptors (Lipinski definition) is 2. The van der Waals surface area contributed by atoms with E-state index in [4.69, 9.17) is 35.4 Å². The van der Waals surface area contributed by atoms with E-state index in [1.807, 2.05) is 0 Å². The standard InChI is InChI=1S/C15H18Cl2OS/c1-9-13(16)8-11(15(18)14(9)17)7-12(19)6-10-4-2-3-5-10/h8,10,18H,2-7H2,1H3. The highest BCUT2D eigenvalue weighted by Gasteiger charge is 2.18. The van der Waals surface area contributed by atoms with Crippen LogP contribution in [0.4, 0.5) is 0 Å². The summed E-state index contributed by atoms with van der Waals surface area (Å²) >= 11 is 17.6. The first-order chi connectivity index (χ1) is 8.99. The van der Waals surface area contributed by atoms with Crippen LogP contribution in [0.15, 0.2) is 6.07 Å². The molecule has 1 aromatic carbocycles. The van der Waals surface area contributed by atoms with Crippen LogP contribution in [0.25, 0.3) is 0 Å². The van der Waals surface area contributed by atoms with Crippen molar-refractivity contribution in [3.05, 3.63) is 27.2 Å². The lowest BCUT2D eigenvalue weighted by Crippen LogP contribution is -2.06. The summed E-state index contributed by atoms with van der Waals surface area (Å²) < 4.78 is 0. The highest BCUT2D eigenvalue weighted by Crippen LogP contribution is 2.36. The molecule has 0 spiro atoms. The average Bonchev–Trinajstić information content (AvgIpc) is 2.86. The van der Waals surface area contributed by atoms with Crippen LogP contribution in [0.1, 0.15) is 43.2 Å². The van der Waals surface area contributed by atoms with Crippen LogP contribution in [-0.4, -0.2) is 9.97 Å². The van der Waals surface area contributed by atoms with Crippen molar-refractivity contribution in [3.63, 3.8) is 0 Å². The second-order valence-electron chi connectivity index (χ2n) is 5.38. The fourth-order valence-corrected chi connectivity index (χ4v) is 3.60. The lowest BCUT2D eigenvalue weighted by Gasteiger charge is -2.13. The maximum Gasteiger partial charge on any atom is 0.138 e. The van der Waals surface area contributed by atoms with Crippen LogP contribution in [0.5, 0.6) is 5.75 Å². The zero-order valence-corrected chi connectivity index (χ0v) is 13.3. The molecule has 1 fully saturated rings. The van der Waals surface area contributed by atoms with Crippen LogP contribution in [0, 0.1) is 12.8 Å². The summed E-state index contributed by atoms with van der Waals surface area (Å²) in [7, 11) is 0. The minimum absolute atomic E-state index is 0.123. The van der Waals surface area contributed by atoms with Crippen LogP contribution < -0.4 is 0 Å². The smallest absolute Gasteiger partial charge is 0.138 e. The molecule has 1 aliphatic carbocycles. The highest BCUT2D eigenvalue weighted by atomic mass is 35.5. The summed E-state index contributed by atoms with van der Waals surface area (Å²) in [4.78, 5) is 0.984. The van der Waals surface area contributed by atoms with Gasteiger partial charge in [-0.1, -0.05) is 61.1 Å². The molecular weight excluding hydrogens is 299 g/mol. The number of thiocarbonyl (C=S) groups is 1. The topological polar surface area (TPSA) is 20.2 Å². The van der Waals surface area contributed by atoms with Crippen molar-refractivity contribution in [3.8, 4) is 5.75 Å². The quantitative estimate of drug-likeness (QED) is 0.740. The van der Waals surface area contributed by atoms with Gasteiger partial charge in [0.2, 0.25) is 0 Å². The predicted molar refractivity (Wildman–Crippen MR) is 85.7 cm³/mol. The Balaban J connectivity index is 2.08. The molecule has 0 heterocycles. The molecule has 19 heavy (non-hydrogen) atoms. The molecule has 1 aliphatic rings. The molecule has 0 amide bonds. The van der Waals surface area contributed by atoms with Crippen molar-refractivity contribution in [1.29, 1.82) is 0 Å². The number of rotatable bonds is 4. The third-order valence-corrected chi connectivity index (χ3v) is 5.05. The third kappa shape index (κ3) is 3.62. The van der Waals surface area contributed by atoms with Crippen LogP contribution >= 0.6 is 35.4 Å². The first-order valence-electron chi connectivity index (χ1n) is 6.67. The van der Waals surface area contributed by atoms with E-state index in [-0.39, 0.29) is 5.75 Å². The molecule has 2 rings (SSSR count). The first-order valence-corrected chi connectivity index (χ1v) is 7.83. The van der Waals surface area contributed by atoms with Gasteiger partial charge in [-0.2, -0.15) is 0 Å². The molecule has 4 heteroatoms. The van der Waals surface area contributed by atoms with E-state index in [9.17, 15) is 5.11 Å². The van der Waals surface area contributed by atoms with Gasteiger partial charge in [0, 0.05) is 17.0 Å². The second-order valence-corrected chi connectivity index (χ2v) is 6.74. The van der Waals surface area contributed by atoms with E-state index < -0.39 is 0 Å². The Kier molecular flexibility index (Phi) is 5.10. The van der Waals surface area contributed by atoms with E-state index in [1.54, 1.807) is 13.0 Å². The summed E-state index contributed by atoms with van der Waals surface area (Å²) in [6.45, 7) is 1.80. The molecule has 1 saturated carbocycles. The molecular formula is C15H18Cl2OS. The minimum Gasteiger partial charge on any atom is -0.506 e. The number of benzene rings is 1. The Morgan fingerprint density at radius 3 is 2.63 bits per heavy atom. The molecule has 1 N–H and O–H groups in total. The van der Waals surface area contributed by atoms with Gasteiger partial charge < -0.3 is 5.11 Å². The lowest BCUT2D eigenvalue weighted by atomic mass is 9.97. The minimum atomic E-state index is 0.123. The van der Waals surface area contributed by atoms with E-state index in [0.29, 0.717) is 22.0 Å². The summed E-state index contributed by atoms with van der Waals surface area (Å²) in [5, 5.41) is 11.0. The SMILES string of the molecule is Cc1c(Cl)cc(CC(=S)CC2CCCC2)c(O)c1Cl. The second kappa shape index (κ2) is 6.43. The normalized spacial score (nSPS) is 15.9. The summed E-state index contributed by atoms with van der Waals surface area (Å²) in [6.07, 6.45) is 6.75. The number of hydrogen-bond donors (Lipinski definition) is 1. The summed E-state index contributed by atoms with van der Waals surface area (Å²) in [6, 6.07) is 1.78. The molecule has 0 atom stereocenters. The Bertz CT molecular complexity index is 493. The van der Waals surface area contributed by atoms with Gasteiger partial charge in [-0.25, -0.2) is 0 Å². The largest absolute Gasteiger partial charge is 0.506 e. The first kappa shape index (κ1) is 15.1. The van der Waals surface area contributed by atoms with Gasteiger partial charge in [0.15, 0.2) is 0 Å². The molecule has 1 aromatic rings. The monoisotopic (exact) mass is 316 g/mol. The van der Waals surface area contributed by atoms with E-state index in [0.717, 1.165) is 22.8 Å². The number of halogens is 2. The molecule has 104 valence electrons. The van der Waals surface area contributed by atoms with Gasteiger partial charge in [0.25, 0.3) is 0 Å². The Morgan fingerprint density at radius 1 is 1.37 bits per heavy atom. The fourth-order valence-electron chi connectivity index (χ4n) is 2.71. The number of phenolic OH excluding ortho intramolecular Hbond substituents is 1. The van der Waals surface area contributed by atoms with Gasteiger partial charge in [-0.05, 0) is 35.8 Å². The van der Waals surface area contributed by atoms with Crippen molar-refractivity contribution in [2.45, 2.75) is 45.4 Å². The number of phenols is 1. The zero-order chi connectivity index (χ0) is 14.0. The number of aromatic hydroxyl groups is 1. The average molecular weight is 317 g/mol. The van der Waals surface area contributed by atoms with Crippen molar-refractivity contribution in [1.82, 2.24) is 0 Å². The van der Waals surface area contributed by atoms with Crippen molar-refractivity contribution >= 4 is 40.3 Å². The maximum absolute atomic E-state index is 10.1. The molecule has 0 bridgehead atoms. The predicted octanol–water partition coefficient (Wildman–Crippen LogP) is 5.50. The van der Waals surface area contributed by atoms with Crippen LogP contribution in [0.3, 0.4) is 0 Å². The maximum atomic E-state index is 10.1. The third-order valence-electron chi connectivity index (χ3n) is 3.88. The van der Waals surface area contributed by atoms with Gasteiger partial charge in [-0.3, -0.25) is 0 Å². The van der Waals surface area contributed by atoms with Gasteiger partial charge in [0.05, 0.1) is 5.02 Å². The molecule has 0 saturated heterocycles. The Morgan fingerprint density at radius 2 is 2.00 bits per heavy atom. The Hall–Kier alpha value is -0.310. The molecule has 0 unspecified atom stereocenters. The molecule has 0 radical (unpaired) electrons. The lowest BCUT2D eigenvalue weighted by molar-refractivity contribution is 0.469. The van der Waals surface area contributed by atoms with Gasteiger partial charge >= 0.3 is 0 Å². The Labute approximate surface area is 129 Å². The molecule has 0 aliphatic heterocycles. The molecule has 0 aromatic heterocycles. The van der Waals surface area contributed by atoms with E-state index in [2.05, 4.69) is 0 Å². The van der Waals surface area contributed by atoms with E-state index in [1.165, 1.54) is 25.7 Å². The fraction of sp³-hybridized carbons (Fsp3) is 0.533. The summed E-state index contributed by atoms with van der Waals surface area (Å²) in [5.41, 5.74) is 1.45. The zero-order valence-electron chi connectivity index (χ0n) is 11.0. The van der Waals surface area contributed by atoms with Crippen molar-refractivity contribution in [2.24, 2.45) is 5.92 Å². The van der Waals surface area contributed by atoms with Gasteiger partial charge in [0.1, 0.15) is 5.75 Å². The van der Waals surface area contributed by atoms with Gasteiger partial charge in [-0.15, -0.1) is 0 Å². The highest BCUT2D eigenvalue weighted by molar-refractivity contribution is 7.80. The summed E-state index contributed by atoms with van der Waals surface area (Å²) in [5.74, 6) is 0.850. The van der Waals surface area contributed by atoms with Crippen molar-refractivity contribution < 1.29 is 5.11 Å². The van der Waals surface area contributed by atoms with E-state index >= 15 is 0 Å². The van der Waals surface area contributed by atoms with Crippen LogP contribution in [-0.2, 0) is 6.42 Å². The molecule has 1 nitrogen and oxygen atoms in total. The van der Waals surface area contributed by atoms with Crippen LogP contribution in [0.2, 0.25) is 10.0 Å².